The Hall–Kier alpha value is -2.37. The average Bonchev–Trinajstić information content (AvgIpc) is 2.36. The van der Waals surface area contributed by atoms with Gasteiger partial charge in [-0.2, -0.15) is 0 Å². The van der Waals surface area contributed by atoms with E-state index in [1.54, 1.807) is 19.1 Å². The zero-order valence-corrected chi connectivity index (χ0v) is 10.8. The Morgan fingerprint density at radius 2 is 1.89 bits per heavy atom. The van der Waals surface area contributed by atoms with Crippen molar-refractivity contribution in [1.29, 1.82) is 0 Å². The first kappa shape index (κ1) is 14.7. The Labute approximate surface area is 110 Å². The topological polar surface area (TPSA) is 81.7 Å². The zero-order chi connectivity index (χ0) is 14.3. The number of rotatable bonds is 5. The van der Waals surface area contributed by atoms with Crippen LogP contribution >= 0.6 is 0 Å². The molecule has 102 valence electrons. The lowest BCUT2D eigenvalue weighted by Crippen LogP contribution is -2.31. The molecule has 1 aromatic carbocycles. The predicted molar refractivity (Wildman–Crippen MR) is 66.7 cm³/mol. The molecule has 0 aromatic heterocycles. The molecule has 1 amide bonds. The van der Waals surface area contributed by atoms with Crippen LogP contribution in [-0.4, -0.2) is 31.0 Å². The van der Waals surface area contributed by atoms with Crippen molar-refractivity contribution < 1.29 is 23.9 Å². The van der Waals surface area contributed by atoms with Crippen molar-refractivity contribution in [2.24, 2.45) is 0 Å². The van der Waals surface area contributed by atoms with Crippen LogP contribution in [0, 0.1) is 0 Å². The molecule has 0 saturated carbocycles. The van der Waals surface area contributed by atoms with Gasteiger partial charge in [0, 0.05) is 6.92 Å². The number of para-hydroxylation sites is 1. The summed E-state index contributed by atoms with van der Waals surface area (Å²) < 4.78 is 9.59. The fraction of sp³-hybridized carbons (Fsp3) is 0.308. The first-order chi connectivity index (χ1) is 9.04. The highest BCUT2D eigenvalue weighted by Crippen LogP contribution is 2.17. The van der Waals surface area contributed by atoms with Crippen LogP contribution in [0.5, 0.6) is 5.75 Å². The van der Waals surface area contributed by atoms with Crippen LogP contribution < -0.4 is 10.1 Å². The minimum Gasteiger partial charge on any atom is -0.465 e. The second-order valence-corrected chi connectivity index (χ2v) is 3.58. The van der Waals surface area contributed by atoms with Crippen molar-refractivity contribution in [2.75, 3.05) is 13.2 Å². The molecule has 0 fully saturated rings. The van der Waals surface area contributed by atoms with Crippen molar-refractivity contribution >= 4 is 17.8 Å². The van der Waals surface area contributed by atoms with Gasteiger partial charge in [-0.15, -0.1) is 0 Å². The molecule has 6 nitrogen and oxygen atoms in total. The highest BCUT2D eigenvalue weighted by Gasteiger charge is 2.14. The van der Waals surface area contributed by atoms with Gasteiger partial charge in [-0.1, -0.05) is 12.1 Å². The first-order valence-corrected chi connectivity index (χ1v) is 5.75. The Morgan fingerprint density at radius 1 is 1.21 bits per heavy atom. The lowest BCUT2D eigenvalue weighted by molar-refractivity contribution is -0.141. The third kappa shape index (κ3) is 4.79. The molecular formula is C13H15NO5. The molecule has 0 unspecified atom stereocenters. The molecular weight excluding hydrogens is 250 g/mol. The molecule has 19 heavy (non-hydrogen) atoms. The van der Waals surface area contributed by atoms with Crippen LogP contribution in [0.15, 0.2) is 24.3 Å². The van der Waals surface area contributed by atoms with E-state index in [0.717, 1.165) is 0 Å². The molecule has 0 aliphatic heterocycles. The Morgan fingerprint density at radius 3 is 2.53 bits per heavy atom. The molecule has 6 heteroatoms. The van der Waals surface area contributed by atoms with Crippen LogP contribution in [-0.2, 0) is 14.3 Å². The predicted octanol–water partition coefficient (Wildman–Crippen LogP) is 0.905. The van der Waals surface area contributed by atoms with Gasteiger partial charge in [-0.25, -0.2) is 0 Å². The summed E-state index contributed by atoms with van der Waals surface area (Å²) in [5.74, 6) is -1.41. The van der Waals surface area contributed by atoms with Gasteiger partial charge in [0.2, 0.25) is 0 Å². The number of hydrogen-bond acceptors (Lipinski definition) is 5. The number of ether oxygens (including phenoxy) is 2. The normalized spacial score (nSPS) is 9.58. The maximum Gasteiger partial charge on any atom is 0.325 e. The van der Waals surface area contributed by atoms with E-state index in [9.17, 15) is 14.4 Å². The maximum atomic E-state index is 11.8. The van der Waals surface area contributed by atoms with Crippen LogP contribution in [0.1, 0.15) is 24.2 Å². The van der Waals surface area contributed by atoms with E-state index in [4.69, 9.17) is 4.74 Å². The molecule has 0 bridgehead atoms. The van der Waals surface area contributed by atoms with Gasteiger partial charge in [0.25, 0.3) is 5.91 Å². The second kappa shape index (κ2) is 7.15. The van der Waals surface area contributed by atoms with Gasteiger partial charge >= 0.3 is 11.9 Å². The fourth-order valence-electron chi connectivity index (χ4n) is 1.36. The van der Waals surface area contributed by atoms with E-state index in [1.807, 2.05) is 0 Å². The highest BCUT2D eigenvalue weighted by atomic mass is 16.5. The van der Waals surface area contributed by atoms with Crippen molar-refractivity contribution in [3.63, 3.8) is 0 Å². The van der Waals surface area contributed by atoms with Crippen LogP contribution in [0.3, 0.4) is 0 Å². The summed E-state index contributed by atoms with van der Waals surface area (Å²) in [6, 6.07) is 6.27. The van der Waals surface area contributed by atoms with Gasteiger partial charge < -0.3 is 14.8 Å². The quantitative estimate of drug-likeness (QED) is 0.632. The molecule has 0 radical (unpaired) electrons. The second-order valence-electron chi connectivity index (χ2n) is 3.58. The van der Waals surface area contributed by atoms with E-state index >= 15 is 0 Å². The Kier molecular flexibility index (Phi) is 5.53. The largest absolute Gasteiger partial charge is 0.465 e. The van der Waals surface area contributed by atoms with E-state index in [0.29, 0.717) is 0 Å². The molecule has 0 spiro atoms. The van der Waals surface area contributed by atoms with E-state index in [1.165, 1.54) is 19.1 Å². The van der Waals surface area contributed by atoms with E-state index < -0.39 is 17.8 Å². The number of benzene rings is 1. The Balaban J connectivity index is 2.71. The lowest BCUT2D eigenvalue weighted by atomic mass is 10.2. The summed E-state index contributed by atoms with van der Waals surface area (Å²) in [7, 11) is 0. The van der Waals surface area contributed by atoms with Gasteiger partial charge in [0.15, 0.2) is 0 Å². The number of carbonyl (C=O) groups is 3. The molecule has 0 heterocycles. The number of esters is 2. The highest BCUT2D eigenvalue weighted by molar-refractivity contribution is 5.98. The van der Waals surface area contributed by atoms with Gasteiger partial charge in [-0.3, -0.25) is 14.4 Å². The number of nitrogens with one attached hydrogen (secondary N) is 1. The minimum atomic E-state index is -0.527. The zero-order valence-electron chi connectivity index (χ0n) is 10.8. The summed E-state index contributed by atoms with van der Waals surface area (Å²) in [5, 5.41) is 2.39. The fourth-order valence-corrected chi connectivity index (χ4v) is 1.36. The first-order valence-electron chi connectivity index (χ1n) is 5.75. The molecule has 1 N–H and O–H groups in total. The summed E-state index contributed by atoms with van der Waals surface area (Å²) >= 11 is 0. The minimum absolute atomic E-state index is 0.149. The van der Waals surface area contributed by atoms with Crippen LogP contribution in [0.4, 0.5) is 0 Å². The summed E-state index contributed by atoms with van der Waals surface area (Å²) in [5.41, 5.74) is 0.182. The standard InChI is InChI=1S/C13H15NO5/c1-3-18-12(16)8-14-13(17)10-6-4-5-7-11(10)19-9(2)15/h4-7H,3,8H2,1-2H3,(H,14,17). The number of carbonyl (C=O) groups excluding carboxylic acids is 3. The maximum absolute atomic E-state index is 11.8. The van der Waals surface area contributed by atoms with E-state index in [2.05, 4.69) is 10.1 Å². The SMILES string of the molecule is CCOC(=O)CNC(=O)c1ccccc1OC(C)=O. The van der Waals surface area contributed by atoms with Crippen molar-refractivity contribution in [3.05, 3.63) is 29.8 Å². The number of hydrogen-bond donors (Lipinski definition) is 1. The molecule has 1 rings (SSSR count). The van der Waals surface area contributed by atoms with Gasteiger partial charge in [-0.05, 0) is 19.1 Å². The number of amides is 1. The summed E-state index contributed by atoms with van der Waals surface area (Å²) in [6.07, 6.45) is 0. The average molecular weight is 265 g/mol. The lowest BCUT2D eigenvalue weighted by Gasteiger charge is -2.09. The monoisotopic (exact) mass is 265 g/mol. The third-order valence-electron chi connectivity index (χ3n) is 2.08. The third-order valence-corrected chi connectivity index (χ3v) is 2.08. The molecule has 0 aliphatic carbocycles. The van der Waals surface area contributed by atoms with Crippen molar-refractivity contribution in [3.8, 4) is 5.75 Å². The summed E-state index contributed by atoms with van der Waals surface area (Å²) in [6.45, 7) is 2.93. The van der Waals surface area contributed by atoms with Gasteiger partial charge in [0.05, 0.1) is 12.2 Å². The van der Waals surface area contributed by atoms with E-state index in [-0.39, 0.29) is 24.5 Å². The molecule has 0 aliphatic rings. The van der Waals surface area contributed by atoms with Crippen molar-refractivity contribution in [2.45, 2.75) is 13.8 Å². The molecule has 1 aromatic rings. The van der Waals surface area contributed by atoms with Crippen molar-refractivity contribution in [1.82, 2.24) is 5.32 Å². The molecule has 0 atom stereocenters. The smallest absolute Gasteiger partial charge is 0.325 e. The van der Waals surface area contributed by atoms with Crippen LogP contribution in [0.2, 0.25) is 0 Å². The molecule has 0 saturated heterocycles. The Bertz CT molecular complexity index is 484. The van der Waals surface area contributed by atoms with Gasteiger partial charge in [0.1, 0.15) is 12.3 Å². The van der Waals surface area contributed by atoms with Crippen LogP contribution in [0.25, 0.3) is 0 Å². The summed E-state index contributed by atoms with van der Waals surface area (Å²) in [4.78, 5) is 33.9.